The van der Waals surface area contributed by atoms with Crippen LogP contribution in [0.15, 0.2) is 73.1 Å². The largest absolute Gasteiger partial charge is 0.341 e. The summed E-state index contributed by atoms with van der Waals surface area (Å²) in [6.07, 6.45) is 3.41. The molecule has 1 heterocycles. The summed E-state index contributed by atoms with van der Waals surface area (Å²) in [5, 5.41) is 3.81. The van der Waals surface area contributed by atoms with Crippen LogP contribution in [0, 0.1) is 0 Å². The molecular formula is C19H14Cl2N2O. The lowest BCUT2D eigenvalue weighted by Gasteiger charge is -2.20. The Bertz CT molecular complexity index is 799. The fraction of sp³-hybridized carbons (Fsp3) is 0.0526. The third kappa shape index (κ3) is 3.75. The monoisotopic (exact) mass is 356 g/mol. The standard InChI is InChI=1S/C19H14Cl2N2O/c20-16-7-6-15(12-17(16)21)19(24)23-18(13-4-2-1-3-5-13)14-8-10-22-11-9-14/h1-12,18H,(H,23,24). The van der Waals surface area contributed by atoms with Crippen molar-refractivity contribution in [2.24, 2.45) is 0 Å². The first-order valence-corrected chi connectivity index (χ1v) is 8.11. The maximum Gasteiger partial charge on any atom is 0.252 e. The van der Waals surface area contributed by atoms with Gasteiger partial charge in [0, 0.05) is 18.0 Å². The van der Waals surface area contributed by atoms with E-state index in [0.717, 1.165) is 11.1 Å². The van der Waals surface area contributed by atoms with Crippen molar-refractivity contribution >= 4 is 29.1 Å². The fourth-order valence-electron chi connectivity index (χ4n) is 2.41. The van der Waals surface area contributed by atoms with Crippen LogP contribution in [0.3, 0.4) is 0 Å². The number of hydrogen-bond acceptors (Lipinski definition) is 2. The van der Waals surface area contributed by atoms with Crippen molar-refractivity contribution in [3.63, 3.8) is 0 Å². The van der Waals surface area contributed by atoms with Crippen molar-refractivity contribution in [2.45, 2.75) is 6.04 Å². The van der Waals surface area contributed by atoms with Gasteiger partial charge >= 0.3 is 0 Å². The van der Waals surface area contributed by atoms with Gasteiger partial charge in [-0.2, -0.15) is 0 Å². The Kier molecular flexibility index (Phi) is 5.14. The molecule has 0 aliphatic carbocycles. The van der Waals surface area contributed by atoms with E-state index < -0.39 is 0 Å². The van der Waals surface area contributed by atoms with E-state index in [0.29, 0.717) is 15.6 Å². The molecule has 2 aromatic carbocycles. The van der Waals surface area contributed by atoms with Crippen LogP contribution in [-0.2, 0) is 0 Å². The molecule has 0 radical (unpaired) electrons. The normalized spacial score (nSPS) is 11.8. The van der Waals surface area contributed by atoms with Gasteiger partial charge in [0.05, 0.1) is 16.1 Å². The van der Waals surface area contributed by atoms with E-state index in [-0.39, 0.29) is 11.9 Å². The summed E-state index contributed by atoms with van der Waals surface area (Å²) in [7, 11) is 0. The topological polar surface area (TPSA) is 42.0 Å². The minimum atomic E-state index is -0.281. The number of pyridine rings is 1. The minimum absolute atomic E-state index is 0.223. The number of carbonyl (C=O) groups excluding carboxylic acids is 1. The Morgan fingerprint density at radius 3 is 2.21 bits per heavy atom. The molecule has 3 aromatic rings. The van der Waals surface area contributed by atoms with E-state index >= 15 is 0 Å². The second-order valence-corrected chi connectivity index (χ2v) is 6.04. The van der Waals surface area contributed by atoms with Gasteiger partial charge < -0.3 is 5.32 Å². The van der Waals surface area contributed by atoms with Crippen molar-refractivity contribution in [2.75, 3.05) is 0 Å². The van der Waals surface area contributed by atoms with Crippen molar-refractivity contribution in [3.8, 4) is 0 Å². The fourth-order valence-corrected chi connectivity index (χ4v) is 2.71. The van der Waals surface area contributed by atoms with E-state index in [1.165, 1.54) is 0 Å². The summed E-state index contributed by atoms with van der Waals surface area (Å²) >= 11 is 11.9. The summed E-state index contributed by atoms with van der Waals surface area (Å²) in [6.45, 7) is 0. The Morgan fingerprint density at radius 2 is 1.54 bits per heavy atom. The van der Waals surface area contributed by atoms with Crippen molar-refractivity contribution in [1.82, 2.24) is 10.3 Å². The molecule has 3 nitrogen and oxygen atoms in total. The number of rotatable bonds is 4. The Balaban J connectivity index is 1.92. The van der Waals surface area contributed by atoms with Gasteiger partial charge in [0.25, 0.3) is 5.91 Å². The lowest BCUT2D eigenvalue weighted by molar-refractivity contribution is 0.0943. The highest BCUT2D eigenvalue weighted by Crippen LogP contribution is 2.25. The maximum atomic E-state index is 12.6. The van der Waals surface area contributed by atoms with Gasteiger partial charge in [0.15, 0.2) is 0 Å². The van der Waals surface area contributed by atoms with Crippen molar-refractivity contribution < 1.29 is 4.79 Å². The molecular weight excluding hydrogens is 343 g/mol. The maximum absolute atomic E-state index is 12.6. The molecule has 0 spiro atoms. The smallest absolute Gasteiger partial charge is 0.252 e. The number of halogens is 2. The first kappa shape index (κ1) is 16.5. The predicted octanol–water partition coefficient (Wildman–Crippen LogP) is 4.91. The Morgan fingerprint density at radius 1 is 0.875 bits per heavy atom. The molecule has 1 atom stereocenters. The average Bonchev–Trinajstić information content (AvgIpc) is 2.63. The van der Waals surface area contributed by atoms with Crippen LogP contribution in [0.5, 0.6) is 0 Å². The zero-order valence-electron chi connectivity index (χ0n) is 12.6. The van der Waals surface area contributed by atoms with Gasteiger partial charge in [-0.25, -0.2) is 0 Å². The van der Waals surface area contributed by atoms with E-state index in [1.54, 1.807) is 30.6 Å². The van der Waals surface area contributed by atoms with Crippen LogP contribution in [-0.4, -0.2) is 10.9 Å². The SMILES string of the molecule is O=C(NC(c1ccccc1)c1ccncc1)c1ccc(Cl)c(Cl)c1. The third-order valence-corrected chi connectivity index (χ3v) is 4.37. The Labute approximate surface area is 150 Å². The summed E-state index contributed by atoms with van der Waals surface area (Å²) in [5.41, 5.74) is 2.39. The molecule has 1 N–H and O–H groups in total. The van der Waals surface area contributed by atoms with E-state index in [4.69, 9.17) is 23.2 Å². The molecule has 0 aliphatic heterocycles. The van der Waals surface area contributed by atoms with Gasteiger partial charge in [-0.3, -0.25) is 9.78 Å². The molecule has 0 aliphatic rings. The molecule has 0 saturated heterocycles. The van der Waals surface area contributed by atoms with E-state index in [1.807, 2.05) is 42.5 Å². The molecule has 0 saturated carbocycles. The van der Waals surface area contributed by atoms with Crippen LogP contribution in [0.2, 0.25) is 10.0 Å². The molecule has 5 heteroatoms. The molecule has 0 fully saturated rings. The van der Waals surface area contributed by atoms with Gasteiger partial charge in [0.2, 0.25) is 0 Å². The molecule has 1 unspecified atom stereocenters. The number of nitrogens with zero attached hydrogens (tertiary/aromatic N) is 1. The highest BCUT2D eigenvalue weighted by Gasteiger charge is 2.18. The molecule has 0 bridgehead atoms. The summed E-state index contributed by atoms with van der Waals surface area (Å²) in [4.78, 5) is 16.7. The molecule has 1 aromatic heterocycles. The van der Waals surface area contributed by atoms with Gasteiger partial charge in [0.1, 0.15) is 0 Å². The number of benzene rings is 2. The number of amides is 1. The first-order valence-electron chi connectivity index (χ1n) is 7.36. The lowest BCUT2D eigenvalue weighted by Crippen LogP contribution is -2.29. The summed E-state index contributed by atoms with van der Waals surface area (Å²) in [5.74, 6) is -0.223. The van der Waals surface area contributed by atoms with Gasteiger partial charge in [-0.15, -0.1) is 0 Å². The highest BCUT2D eigenvalue weighted by atomic mass is 35.5. The van der Waals surface area contributed by atoms with Gasteiger partial charge in [-0.1, -0.05) is 53.5 Å². The molecule has 3 rings (SSSR count). The first-order chi connectivity index (χ1) is 11.6. The number of aromatic nitrogens is 1. The van der Waals surface area contributed by atoms with Crippen molar-refractivity contribution in [3.05, 3.63) is 99.8 Å². The molecule has 120 valence electrons. The van der Waals surface area contributed by atoms with E-state index in [9.17, 15) is 4.79 Å². The van der Waals surface area contributed by atoms with Crippen LogP contribution in [0.4, 0.5) is 0 Å². The summed E-state index contributed by atoms with van der Waals surface area (Å²) < 4.78 is 0. The van der Waals surface area contributed by atoms with Crippen LogP contribution in [0.1, 0.15) is 27.5 Å². The zero-order valence-corrected chi connectivity index (χ0v) is 14.1. The average molecular weight is 357 g/mol. The number of hydrogen-bond donors (Lipinski definition) is 1. The van der Waals surface area contributed by atoms with E-state index in [2.05, 4.69) is 10.3 Å². The van der Waals surface area contributed by atoms with Crippen LogP contribution in [0.25, 0.3) is 0 Å². The van der Waals surface area contributed by atoms with Crippen molar-refractivity contribution in [1.29, 1.82) is 0 Å². The van der Waals surface area contributed by atoms with Crippen LogP contribution < -0.4 is 5.32 Å². The van der Waals surface area contributed by atoms with Crippen LogP contribution >= 0.6 is 23.2 Å². The predicted molar refractivity (Wildman–Crippen MR) is 96.5 cm³/mol. The quantitative estimate of drug-likeness (QED) is 0.721. The number of carbonyl (C=O) groups is 1. The summed E-state index contributed by atoms with van der Waals surface area (Å²) in [6, 6.07) is 18.1. The Hall–Kier alpha value is -2.36. The second kappa shape index (κ2) is 7.47. The third-order valence-electron chi connectivity index (χ3n) is 3.63. The minimum Gasteiger partial charge on any atom is -0.341 e. The lowest BCUT2D eigenvalue weighted by atomic mass is 9.99. The highest BCUT2D eigenvalue weighted by molar-refractivity contribution is 6.42. The molecule has 24 heavy (non-hydrogen) atoms. The zero-order chi connectivity index (χ0) is 16.9. The number of nitrogens with one attached hydrogen (secondary N) is 1. The van der Waals surface area contributed by atoms with Gasteiger partial charge in [-0.05, 0) is 41.5 Å². The second-order valence-electron chi connectivity index (χ2n) is 5.23. The molecule has 1 amide bonds.